The molecular formula is C11H11N5O. The van der Waals surface area contributed by atoms with Gasteiger partial charge in [-0.15, -0.1) is 0 Å². The SMILES string of the molecule is [2H]C([2H])([2H])n1c(NO)nc2c3nc(C)cnc3ccc21. The molecule has 2 heterocycles. The van der Waals surface area contributed by atoms with Crippen molar-refractivity contribution in [1.82, 2.24) is 19.5 Å². The van der Waals surface area contributed by atoms with Crippen LogP contribution in [0.15, 0.2) is 18.3 Å². The fourth-order valence-electron chi connectivity index (χ4n) is 1.78. The van der Waals surface area contributed by atoms with E-state index in [1.165, 1.54) is 0 Å². The maximum absolute atomic E-state index is 9.09. The second kappa shape index (κ2) is 3.39. The van der Waals surface area contributed by atoms with Gasteiger partial charge in [-0.1, -0.05) is 0 Å². The van der Waals surface area contributed by atoms with Crippen LogP contribution in [0.25, 0.3) is 22.1 Å². The molecule has 0 bridgehead atoms. The molecule has 6 heteroatoms. The van der Waals surface area contributed by atoms with Gasteiger partial charge in [-0.05, 0) is 19.1 Å². The summed E-state index contributed by atoms with van der Waals surface area (Å²) in [6, 6.07) is 3.27. The van der Waals surface area contributed by atoms with E-state index in [-0.39, 0.29) is 5.95 Å². The Labute approximate surface area is 101 Å². The molecule has 0 aliphatic rings. The van der Waals surface area contributed by atoms with Crippen LogP contribution in [0.5, 0.6) is 0 Å². The lowest BCUT2D eigenvalue weighted by Gasteiger charge is -2.00. The average Bonchev–Trinajstić information content (AvgIpc) is 2.77. The first-order valence-corrected chi connectivity index (χ1v) is 4.97. The highest BCUT2D eigenvalue weighted by atomic mass is 16.5. The number of benzene rings is 1. The number of imidazole rings is 1. The number of aryl methyl sites for hydroxylation is 2. The molecule has 0 aliphatic carbocycles. The first-order chi connectivity index (χ1) is 9.41. The first kappa shape index (κ1) is 7.18. The van der Waals surface area contributed by atoms with Gasteiger partial charge < -0.3 is 4.57 Å². The molecule has 0 aliphatic heterocycles. The summed E-state index contributed by atoms with van der Waals surface area (Å²) in [4.78, 5) is 12.7. The van der Waals surface area contributed by atoms with Gasteiger partial charge in [-0.25, -0.2) is 15.4 Å². The minimum atomic E-state index is -2.47. The molecule has 2 aromatic heterocycles. The molecule has 0 unspecified atom stereocenters. The summed E-state index contributed by atoms with van der Waals surface area (Å²) < 4.78 is 23.6. The summed E-state index contributed by atoms with van der Waals surface area (Å²) in [6.07, 6.45) is 1.63. The summed E-state index contributed by atoms with van der Waals surface area (Å²) in [7, 11) is 0. The summed E-state index contributed by atoms with van der Waals surface area (Å²) in [5.74, 6) is -0.157. The highest BCUT2D eigenvalue weighted by Crippen LogP contribution is 2.24. The van der Waals surface area contributed by atoms with Crippen LogP contribution in [0, 0.1) is 6.92 Å². The second-order valence-corrected chi connectivity index (χ2v) is 3.70. The summed E-state index contributed by atoms with van der Waals surface area (Å²) >= 11 is 0. The number of anilines is 1. The van der Waals surface area contributed by atoms with E-state index in [0.717, 1.165) is 4.57 Å². The summed E-state index contributed by atoms with van der Waals surface area (Å²) in [6.45, 7) is -0.679. The van der Waals surface area contributed by atoms with Crippen LogP contribution < -0.4 is 5.48 Å². The van der Waals surface area contributed by atoms with Crippen molar-refractivity contribution in [1.29, 1.82) is 0 Å². The number of aromatic nitrogens is 4. The van der Waals surface area contributed by atoms with Crippen LogP contribution in [0.2, 0.25) is 0 Å². The van der Waals surface area contributed by atoms with E-state index in [1.54, 1.807) is 25.3 Å². The van der Waals surface area contributed by atoms with Gasteiger partial charge in [-0.3, -0.25) is 10.2 Å². The second-order valence-electron chi connectivity index (χ2n) is 3.70. The Morgan fingerprint density at radius 3 is 3.00 bits per heavy atom. The van der Waals surface area contributed by atoms with Crippen LogP contribution in [-0.4, -0.2) is 24.7 Å². The molecule has 3 aromatic rings. The van der Waals surface area contributed by atoms with E-state index in [9.17, 15) is 0 Å². The number of hydrogen-bond donors (Lipinski definition) is 2. The fraction of sp³-hybridized carbons (Fsp3) is 0.182. The van der Waals surface area contributed by atoms with Crippen molar-refractivity contribution in [2.45, 2.75) is 6.92 Å². The zero-order valence-corrected chi connectivity index (χ0v) is 8.97. The zero-order chi connectivity index (χ0) is 14.5. The van der Waals surface area contributed by atoms with E-state index in [0.29, 0.717) is 27.8 Å². The summed E-state index contributed by atoms with van der Waals surface area (Å²) in [5.41, 5.74) is 4.37. The van der Waals surface area contributed by atoms with Gasteiger partial charge >= 0.3 is 0 Å². The first-order valence-electron chi connectivity index (χ1n) is 6.47. The van der Waals surface area contributed by atoms with Crippen molar-refractivity contribution in [2.24, 2.45) is 6.98 Å². The molecular weight excluding hydrogens is 218 g/mol. The van der Waals surface area contributed by atoms with E-state index < -0.39 is 6.98 Å². The lowest BCUT2D eigenvalue weighted by molar-refractivity contribution is 0.380. The van der Waals surface area contributed by atoms with Gasteiger partial charge in [0, 0.05) is 17.3 Å². The van der Waals surface area contributed by atoms with Gasteiger partial charge in [-0.2, -0.15) is 0 Å². The maximum atomic E-state index is 9.09. The van der Waals surface area contributed by atoms with Crippen molar-refractivity contribution in [3.05, 3.63) is 24.0 Å². The predicted molar refractivity (Wildman–Crippen MR) is 64.0 cm³/mol. The molecule has 0 fully saturated rings. The van der Waals surface area contributed by atoms with Gasteiger partial charge in [0.1, 0.15) is 11.0 Å². The molecule has 6 nitrogen and oxygen atoms in total. The smallest absolute Gasteiger partial charge is 0.227 e. The number of hydrogen-bond acceptors (Lipinski definition) is 5. The van der Waals surface area contributed by atoms with Gasteiger partial charge in [0.15, 0.2) is 0 Å². The fourth-order valence-corrected chi connectivity index (χ4v) is 1.78. The van der Waals surface area contributed by atoms with Gasteiger partial charge in [0.2, 0.25) is 5.95 Å². The van der Waals surface area contributed by atoms with Crippen LogP contribution >= 0.6 is 0 Å². The molecule has 0 saturated heterocycles. The van der Waals surface area contributed by atoms with Gasteiger partial charge in [0.25, 0.3) is 0 Å². The molecule has 2 N–H and O–H groups in total. The molecule has 0 spiro atoms. The molecule has 3 rings (SSSR count). The number of nitrogens with one attached hydrogen (secondary N) is 1. The minimum Gasteiger partial charge on any atom is -0.312 e. The lowest BCUT2D eigenvalue weighted by atomic mass is 10.2. The molecule has 0 saturated carbocycles. The lowest BCUT2D eigenvalue weighted by Crippen LogP contribution is -1.98. The number of rotatable bonds is 1. The monoisotopic (exact) mass is 232 g/mol. The largest absolute Gasteiger partial charge is 0.312 e. The van der Waals surface area contributed by atoms with E-state index in [1.807, 2.05) is 5.48 Å². The highest BCUT2D eigenvalue weighted by Gasteiger charge is 2.11. The third-order valence-corrected chi connectivity index (χ3v) is 2.56. The van der Waals surface area contributed by atoms with E-state index >= 15 is 0 Å². The maximum Gasteiger partial charge on any atom is 0.227 e. The Bertz CT molecular complexity index is 811. The number of nitrogens with zero attached hydrogens (tertiary/aromatic N) is 4. The number of fused-ring (bicyclic) bond motifs is 3. The van der Waals surface area contributed by atoms with Gasteiger partial charge in [0.05, 0.1) is 16.7 Å². The standard InChI is InChI=1S/C11H11N5O/c1-6-5-12-7-3-4-8-10(9(7)13-6)14-11(15-17)16(8)2/h3-5,17H,1-2H3,(H,14,15)/i2D3. The Balaban J connectivity index is 2.47. The Morgan fingerprint density at radius 1 is 1.35 bits per heavy atom. The Morgan fingerprint density at radius 2 is 2.24 bits per heavy atom. The Kier molecular flexibility index (Phi) is 1.43. The topological polar surface area (TPSA) is 75.9 Å². The molecule has 17 heavy (non-hydrogen) atoms. The average molecular weight is 232 g/mol. The highest BCUT2D eigenvalue weighted by molar-refractivity contribution is 6.01. The van der Waals surface area contributed by atoms with Crippen molar-refractivity contribution in [3.8, 4) is 0 Å². The van der Waals surface area contributed by atoms with Crippen LogP contribution in [0.4, 0.5) is 5.95 Å². The normalized spacial score (nSPS) is 14.6. The Hall–Kier alpha value is -2.21. The van der Waals surface area contributed by atoms with Crippen molar-refractivity contribution in [2.75, 3.05) is 5.48 Å². The quantitative estimate of drug-likeness (QED) is 0.623. The van der Waals surface area contributed by atoms with Crippen LogP contribution in [0.3, 0.4) is 0 Å². The van der Waals surface area contributed by atoms with E-state index in [4.69, 9.17) is 9.32 Å². The molecule has 0 atom stereocenters. The third-order valence-electron chi connectivity index (χ3n) is 2.56. The third kappa shape index (κ3) is 1.34. The summed E-state index contributed by atoms with van der Waals surface area (Å²) in [5, 5.41) is 9.09. The minimum absolute atomic E-state index is 0.157. The molecule has 86 valence electrons. The van der Waals surface area contributed by atoms with Crippen molar-refractivity contribution in [3.63, 3.8) is 0 Å². The van der Waals surface area contributed by atoms with Crippen molar-refractivity contribution < 1.29 is 9.32 Å². The molecule has 0 radical (unpaired) electrons. The van der Waals surface area contributed by atoms with E-state index in [2.05, 4.69) is 15.0 Å². The molecule has 1 aromatic carbocycles. The van der Waals surface area contributed by atoms with Crippen LogP contribution in [-0.2, 0) is 6.98 Å². The van der Waals surface area contributed by atoms with Crippen LogP contribution in [0.1, 0.15) is 9.81 Å². The zero-order valence-electron chi connectivity index (χ0n) is 12.0. The van der Waals surface area contributed by atoms with Crippen molar-refractivity contribution >= 4 is 28.0 Å². The predicted octanol–water partition coefficient (Wildman–Crippen LogP) is 1.63. The molecule has 0 amide bonds.